The normalized spacial score (nSPS) is 17.8. The number of thioether (sulfide) groups is 1. The van der Waals surface area contributed by atoms with E-state index >= 15 is 0 Å². The molecule has 3 heterocycles. The highest BCUT2D eigenvalue weighted by Gasteiger charge is 2.23. The van der Waals surface area contributed by atoms with E-state index in [0.717, 1.165) is 48.3 Å². The molecule has 1 fully saturated rings. The zero-order chi connectivity index (χ0) is 26.9. The van der Waals surface area contributed by atoms with E-state index in [4.69, 9.17) is 11.6 Å². The number of fused-ring (bicyclic) bond motifs is 1. The average Bonchev–Trinajstić information content (AvgIpc) is 3.24. The highest BCUT2D eigenvalue weighted by Crippen LogP contribution is 2.34. The number of benzene rings is 2. The van der Waals surface area contributed by atoms with Gasteiger partial charge in [0.15, 0.2) is 5.17 Å². The molecule has 0 saturated carbocycles. The number of halogens is 1. The summed E-state index contributed by atoms with van der Waals surface area (Å²) in [5, 5.41) is 4.82. The van der Waals surface area contributed by atoms with Crippen molar-refractivity contribution in [2.45, 2.75) is 6.92 Å². The lowest BCUT2D eigenvalue weighted by atomic mass is 10.1. The van der Waals surface area contributed by atoms with Crippen LogP contribution in [-0.2, 0) is 14.8 Å². The van der Waals surface area contributed by atoms with Crippen LogP contribution in [0, 0.1) is 0 Å². The fraction of sp³-hybridized carbons (Fsp3) is 0.269. The molecule has 2 aliphatic rings. The van der Waals surface area contributed by atoms with Crippen LogP contribution in [0.15, 0.2) is 58.6 Å². The van der Waals surface area contributed by atoms with Gasteiger partial charge in [0, 0.05) is 43.4 Å². The monoisotopic (exact) mass is 570 g/mol. The molecule has 0 unspecified atom stereocenters. The Hall–Kier alpha value is -3.12. The Morgan fingerprint density at radius 2 is 1.89 bits per heavy atom. The van der Waals surface area contributed by atoms with Gasteiger partial charge in [-0.2, -0.15) is 4.99 Å². The summed E-state index contributed by atoms with van der Waals surface area (Å²) >= 11 is 7.51. The lowest BCUT2D eigenvalue weighted by molar-refractivity contribution is -0.113. The Kier molecular flexibility index (Phi) is 7.62. The van der Waals surface area contributed by atoms with Crippen LogP contribution in [0.3, 0.4) is 0 Å². The summed E-state index contributed by atoms with van der Waals surface area (Å²) in [6.45, 7) is 5.45. The first-order valence-electron chi connectivity index (χ1n) is 12.1. The third kappa shape index (κ3) is 5.96. The summed E-state index contributed by atoms with van der Waals surface area (Å²) in [4.78, 5) is 26.5. The fourth-order valence-electron chi connectivity index (χ4n) is 4.23. The number of aliphatic imine (C=N–C) groups is 1. The lowest BCUT2D eigenvalue weighted by Crippen LogP contribution is -2.44. The number of hydrogen-bond donors (Lipinski definition) is 2. The van der Waals surface area contributed by atoms with E-state index in [-0.39, 0.29) is 11.7 Å². The SMILES string of the molecule is CCS(=O)(=O)Nc1ccc(Cl)c(NC2=NC(=O)/C(=C\c3ccc4nccc(N5CCN(C)CC5)c4c3)S2)c1. The van der Waals surface area contributed by atoms with Crippen molar-refractivity contribution >= 4 is 78.5 Å². The van der Waals surface area contributed by atoms with Crippen LogP contribution in [0.25, 0.3) is 17.0 Å². The Morgan fingerprint density at radius 1 is 1.11 bits per heavy atom. The van der Waals surface area contributed by atoms with Crippen molar-refractivity contribution in [3.05, 3.63) is 64.2 Å². The van der Waals surface area contributed by atoms with Crippen molar-refractivity contribution in [1.82, 2.24) is 9.88 Å². The van der Waals surface area contributed by atoms with Crippen molar-refractivity contribution in [3.8, 4) is 0 Å². The molecule has 2 aliphatic heterocycles. The first-order chi connectivity index (χ1) is 18.2. The van der Waals surface area contributed by atoms with E-state index in [1.54, 1.807) is 25.1 Å². The number of nitrogens with zero attached hydrogens (tertiary/aromatic N) is 4. The van der Waals surface area contributed by atoms with Gasteiger partial charge in [-0.1, -0.05) is 17.7 Å². The number of rotatable bonds is 6. The second kappa shape index (κ2) is 10.9. The third-order valence-corrected chi connectivity index (χ3v) is 8.90. The first kappa shape index (κ1) is 26.5. The highest BCUT2D eigenvalue weighted by molar-refractivity contribution is 8.18. The summed E-state index contributed by atoms with van der Waals surface area (Å²) in [5.74, 6) is -0.410. The smallest absolute Gasteiger partial charge is 0.286 e. The number of carbonyl (C=O) groups excluding carboxylic acids is 1. The minimum Gasteiger partial charge on any atom is -0.368 e. The molecule has 38 heavy (non-hydrogen) atoms. The Morgan fingerprint density at radius 3 is 2.66 bits per heavy atom. The molecule has 2 aromatic carbocycles. The number of piperazine rings is 1. The van der Waals surface area contributed by atoms with Crippen molar-refractivity contribution in [3.63, 3.8) is 0 Å². The van der Waals surface area contributed by atoms with Gasteiger partial charge in [0.25, 0.3) is 5.91 Å². The zero-order valence-corrected chi connectivity index (χ0v) is 23.3. The molecular weight excluding hydrogens is 544 g/mol. The predicted molar refractivity (Wildman–Crippen MR) is 158 cm³/mol. The molecule has 9 nitrogen and oxygen atoms in total. The summed E-state index contributed by atoms with van der Waals surface area (Å²) in [7, 11) is -1.31. The summed E-state index contributed by atoms with van der Waals surface area (Å²) in [6.07, 6.45) is 3.66. The summed E-state index contributed by atoms with van der Waals surface area (Å²) in [6, 6.07) is 12.7. The maximum Gasteiger partial charge on any atom is 0.286 e. The maximum absolute atomic E-state index is 12.7. The Bertz CT molecular complexity index is 1570. The van der Waals surface area contributed by atoms with E-state index in [2.05, 4.69) is 42.9 Å². The molecule has 0 spiro atoms. The Labute approximate surface area is 231 Å². The van der Waals surface area contributed by atoms with Crippen molar-refractivity contribution in [2.75, 3.05) is 53.9 Å². The number of amidine groups is 1. The largest absolute Gasteiger partial charge is 0.368 e. The van der Waals surface area contributed by atoms with Crippen molar-refractivity contribution < 1.29 is 13.2 Å². The van der Waals surface area contributed by atoms with Crippen molar-refractivity contribution in [2.24, 2.45) is 4.99 Å². The number of amides is 1. The van der Waals surface area contributed by atoms with Gasteiger partial charge in [0.05, 0.1) is 32.6 Å². The molecule has 1 saturated heterocycles. The summed E-state index contributed by atoms with van der Waals surface area (Å²) in [5.41, 5.74) is 3.73. The summed E-state index contributed by atoms with van der Waals surface area (Å²) < 4.78 is 26.3. The molecule has 1 aromatic heterocycles. The fourth-order valence-corrected chi connectivity index (χ4v) is 5.85. The van der Waals surface area contributed by atoms with Gasteiger partial charge in [0.2, 0.25) is 10.0 Å². The zero-order valence-electron chi connectivity index (χ0n) is 20.9. The second-order valence-corrected chi connectivity index (χ2v) is 12.5. The van der Waals surface area contributed by atoms with Gasteiger partial charge in [-0.15, -0.1) is 0 Å². The standard InChI is InChI=1S/C26H27ClN6O3S2/c1-3-38(35,36)31-18-5-6-20(27)22(16-18)29-26-30-25(34)24(37-26)15-17-4-7-21-19(14-17)23(8-9-28-21)33-12-10-32(2)11-13-33/h4-9,14-16,31H,3,10-13H2,1-2H3,(H,29,30,34)/b24-15+. The average molecular weight is 571 g/mol. The first-order valence-corrected chi connectivity index (χ1v) is 15.0. The van der Waals surface area contributed by atoms with Gasteiger partial charge in [-0.05, 0) is 73.8 Å². The van der Waals surface area contributed by atoms with Crippen LogP contribution in [0.5, 0.6) is 0 Å². The molecule has 2 N–H and O–H groups in total. The van der Waals surface area contributed by atoms with Crippen LogP contribution in [0.4, 0.5) is 17.1 Å². The van der Waals surface area contributed by atoms with Gasteiger partial charge in [-0.3, -0.25) is 14.5 Å². The number of hydrogen-bond acceptors (Lipinski definition) is 8. The minimum atomic E-state index is -3.44. The number of aromatic nitrogens is 1. The molecule has 3 aromatic rings. The molecule has 12 heteroatoms. The predicted octanol–water partition coefficient (Wildman–Crippen LogP) is 4.48. The molecule has 5 rings (SSSR count). The number of nitrogens with one attached hydrogen (secondary N) is 2. The van der Waals surface area contributed by atoms with Crippen molar-refractivity contribution in [1.29, 1.82) is 0 Å². The van der Waals surface area contributed by atoms with Crippen LogP contribution >= 0.6 is 23.4 Å². The number of carbonyl (C=O) groups is 1. The van der Waals surface area contributed by atoms with Gasteiger partial charge < -0.3 is 15.1 Å². The minimum absolute atomic E-state index is 0.0503. The van der Waals surface area contributed by atoms with Crippen LogP contribution in [0.2, 0.25) is 5.02 Å². The second-order valence-electron chi connectivity index (χ2n) is 9.05. The van der Waals surface area contributed by atoms with Crippen LogP contribution in [0.1, 0.15) is 12.5 Å². The number of likely N-dealkylation sites (N-methyl/N-ethyl adjacent to an activating group) is 1. The van der Waals surface area contributed by atoms with Crippen LogP contribution in [-0.4, -0.2) is 68.4 Å². The van der Waals surface area contributed by atoms with E-state index < -0.39 is 10.0 Å². The maximum atomic E-state index is 12.7. The van der Waals surface area contributed by atoms with E-state index in [1.165, 1.54) is 11.8 Å². The van der Waals surface area contributed by atoms with E-state index in [9.17, 15) is 13.2 Å². The quantitative estimate of drug-likeness (QED) is 0.418. The van der Waals surface area contributed by atoms with Gasteiger partial charge in [0.1, 0.15) is 0 Å². The molecule has 1 amide bonds. The lowest BCUT2D eigenvalue weighted by Gasteiger charge is -2.34. The molecule has 0 atom stereocenters. The number of anilines is 3. The Balaban J connectivity index is 1.35. The van der Waals surface area contributed by atoms with Gasteiger partial charge >= 0.3 is 0 Å². The number of pyridine rings is 1. The molecule has 0 bridgehead atoms. The topological polar surface area (TPSA) is 107 Å². The highest BCUT2D eigenvalue weighted by atomic mass is 35.5. The third-order valence-electron chi connectivity index (χ3n) is 6.37. The molecule has 198 valence electrons. The van der Waals surface area contributed by atoms with E-state index in [0.29, 0.717) is 26.5 Å². The molecule has 0 radical (unpaired) electrons. The van der Waals surface area contributed by atoms with Crippen LogP contribution < -0.4 is 14.9 Å². The van der Waals surface area contributed by atoms with E-state index in [1.807, 2.05) is 30.5 Å². The molecular formula is C26H27ClN6O3S2. The number of sulfonamides is 1. The van der Waals surface area contributed by atoms with Gasteiger partial charge in [-0.25, -0.2) is 8.42 Å². The molecule has 0 aliphatic carbocycles.